The molecule has 0 spiro atoms. The average Bonchev–Trinajstić information content (AvgIpc) is 3.03. The Labute approximate surface area is 131 Å². The van der Waals surface area contributed by atoms with Crippen molar-refractivity contribution in [1.82, 2.24) is 9.80 Å². The second-order valence-electron chi connectivity index (χ2n) is 6.42. The molecule has 2 rings (SSSR count). The molecule has 22 heavy (non-hydrogen) atoms. The van der Waals surface area contributed by atoms with E-state index in [0.29, 0.717) is 6.42 Å². The molecule has 2 aliphatic rings. The normalized spacial score (nSPS) is 32.6. The number of nitrogens with zero attached hydrogens (tertiary/aromatic N) is 2. The lowest BCUT2D eigenvalue weighted by atomic mass is 10.0. The fourth-order valence-electron chi connectivity index (χ4n) is 3.52. The Morgan fingerprint density at radius 3 is 2.73 bits per heavy atom. The second kappa shape index (κ2) is 6.93. The van der Waals surface area contributed by atoms with Crippen molar-refractivity contribution in [3.05, 3.63) is 0 Å². The number of carboxylic acid groups (broad SMARTS) is 1. The van der Waals surface area contributed by atoms with Crippen LogP contribution in [0.2, 0.25) is 0 Å². The largest absolute Gasteiger partial charge is 0.480 e. The van der Waals surface area contributed by atoms with Gasteiger partial charge in [-0.2, -0.15) is 0 Å². The van der Waals surface area contributed by atoms with E-state index in [2.05, 4.69) is 6.92 Å². The maximum atomic E-state index is 12.9. The monoisotopic (exact) mass is 313 g/mol. The third-order valence-electron chi connectivity index (χ3n) is 4.78. The lowest BCUT2D eigenvalue weighted by Gasteiger charge is -2.37. The lowest BCUT2D eigenvalue weighted by molar-refractivity contribution is -0.153. The fourth-order valence-corrected chi connectivity index (χ4v) is 3.52. The van der Waals surface area contributed by atoms with E-state index in [4.69, 9.17) is 5.73 Å². The molecule has 0 aliphatic carbocycles. The van der Waals surface area contributed by atoms with Crippen molar-refractivity contribution in [3.8, 4) is 0 Å². The van der Waals surface area contributed by atoms with Crippen LogP contribution in [0.25, 0.3) is 0 Å². The van der Waals surface area contributed by atoms with Crippen molar-refractivity contribution in [1.29, 1.82) is 0 Å². The molecule has 0 unspecified atom stereocenters. The summed E-state index contributed by atoms with van der Waals surface area (Å²) in [5.74, 6) is -1.44. The maximum absolute atomic E-state index is 12.9. The highest BCUT2D eigenvalue weighted by Gasteiger charge is 2.50. The quantitative estimate of drug-likeness (QED) is 0.595. The van der Waals surface area contributed by atoms with Crippen molar-refractivity contribution >= 4 is 11.9 Å². The zero-order valence-corrected chi connectivity index (χ0v) is 13.2. The van der Waals surface area contributed by atoms with Crippen LogP contribution >= 0.6 is 0 Å². The number of amides is 1. The van der Waals surface area contributed by atoms with E-state index in [0.717, 1.165) is 38.8 Å². The molecule has 2 heterocycles. The van der Waals surface area contributed by atoms with E-state index in [1.807, 2.05) is 4.90 Å². The molecule has 1 amide bonds. The molecule has 2 saturated heterocycles. The van der Waals surface area contributed by atoms with Gasteiger partial charge in [0.25, 0.3) is 5.91 Å². The Bertz CT molecular complexity index is 431. The first-order chi connectivity index (χ1) is 10.4. The zero-order chi connectivity index (χ0) is 16.3. The van der Waals surface area contributed by atoms with Gasteiger partial charge in [0.2, 0.25) is 0 Å². The molecule has 2 fully saturated rings. The minimum Gasteiger partial charge on any atom is -0.480 e. The van der Waals surface area contributed by atoms with Crippen LogP contribution in [0.3, 0.4) is 0 Å². The van der Waals surface area contributed by atoms with Gasteiger partial charge in [-0.25, -0.2) is 4.79 Å². The summed E-state index contributed by atoms with van der Waals surface area (Å²) < 4.78 is 0. The molecular weight excluding hydrogens is 286 g/mol. The van der Waals surface area contributed by atoms with Crippen LogP contribution in [-0.2, 0) is 9.59 Å². The Balaban J connectivity index is 2.10. The predicted octanol–water partition coefficient (Wildman–Crippen LogP) is -0.0262. The second-order valence-corrected chi connectivity index (χ2v) is 6.42. The van der Waals surface area contributed by atoms with Crippen LogP contribution < -0.4 is 5.73 Å². The molecule has 0 radical (unpaired) electrons. The molecule has 7 heteroatoms. The molecule has 3 atom stereocenters. The van der Waals surface area contributed by atoms with Crippen molar-refractivity contribution in [2.45, 2.75) is 63.3 Å². The number of unbranched alkanes of at least 4 members (excludes halogenated alkanes) is 2. The smallest absolute Gasteiger partial charge is 0.326 e. The van der Waals surface area contributed by atoms with Crippen LogP contribution in [0, 0.1) is 0 Å². The first kappa shape index (κ1) is 17.2. The number of carbonyl (C=O) groups is 2. The third-order valence-corrected chi connectivity index (χ3v) is 4.78. The van der Waals surface area contributed by atoms with Gasteiger partial charge in [0, 0.05) is 26.1 Å². The Hall–Kier alpha value is -1.18. The molecule has 0 aromatic rings. The maximum Gasteiger partial charge on any atom is 0.326 e. The van der Waals surface area contributed by atoms with Gasteiger partial charge >= 0.3 is 5.97 Å². The number of hydrogen-bond donors (Lipinski definition) is 3. The topological polar surface area (TPSA) is 107 Å². The Morgan fingerprint density at radius 2 is 2.09 bits per heavy atom. The van der Waals surface area contributed by atoms with Gasteiger partial charge in [0.15, 0.2) is 0 Å². The SMILES string of the molecule is CCCCCN1CCC[C@@]1(N)C(=O)N1C[C@H](O)C[C@H]1C(=O)O. The summed E-state index contributed by atoms with van der Waals surface area (Å²) in [5, 5.41) is 19.0. The number of aliphatic carboxylic acids is 1. The number of carboxylic acids is 1. The minimum atomic E-state index is -1.12. The summed E-state index contributed by atoms with van der Waals surface area (Å²) in [7, 11) is 0. The van der Waals surface area contributed by atoms with Gasteiger partial charge in [0.05, 0.1) is 6.10 Å². The van der Waals surface area contributed by atoms with Gasteiger partial charge in [-0.3, -0.25) is 9.69 Å². The minimum absolute atomic E-state index is 0.0531. The average molecular weight is 313 g/mol. The molecular formula is C15H27N3O4. The highest BCUT2D eigenvalue weighted by molar-refractivity contribution is 5.90. The van der Waals surface area contributed by atoms with E-state index in [1.54, 1.807) is 0 Å². The number of aliphatic hydroxyl groups is 1. The number of rotatable bonds is 6. The molecule has 0 saturated carbocycles. The number of hydrogen-bond acceptors (Lipinski definition) is 5. The summed E-state index contributed by atoms with van der Waals surface area (Å²) >= 11 is 0. The summed E-state index contributed by atoms with van der Waals surface area (Å²) in [6, 6.07) is -0.971. The third kappa shape index (κ3) is 3.26. The van der Waals surface area contributed by atoms with E-state index in [-0.39, 0.29) is 18.9 Å². The number of aliphatic hydroxyl groups excluding tert-OH is 1. The lowest BCUT2D eigenvalue weighted by Crippen LogP contribution is -2.64. The molecule has 0 aromatic carbocycles. The van der Waals surface area contributed by atoms with Crippen LogP contribution in [0.4, 0.5) is 0 Å². The van der Waals surface area contributed by atoms with Crippen LogP contribution in [0.5, 0.6) is 0 Å². The molecule has 2 aliphatic heterocycles. The Kier molecular flexibility index (Phi) is 5.41. The number of likely N-dealkylation sites (tertiary alicyclic amines) is 2. The fraction of sp³-hybridized carbons (Fsp3) is 0.867. The van der Waals surface area contributed by atoms with Gasteiger partial charge in [-0.05, 0) is 19.3 Å². The van der Waals surface area contributed by atoms with E-state index < -0.39 is 23.8 Å². The van der Waals surface area contributed by atoms with Crippen molar-refractivity contribution in [2.75, 3.05) is 19.6 Å². The first-order valence-electron chi connectivity index (χ1n) is 8.16. The van der Waals surface area contributed by atoms with Gasteiger partial charge in [-0.15, -0.1) is 0 Å². The van der Waals surface area contributed by atoms with E-state index >= 15 is 0 Å². The summed E-state index contributed by atoms with van der Waals surface area (Å²) in [6.45, 7) is 3.69. The van der Waals surface area contributed by atoms with Crippen LogP contribution in [0.1, 0.15) is 45.4 Å². The van der Waals surface area contributed by atoms with E-state index in [9.17, 15) is 19.8 Å². The van der Waals surface area contributed by atoms with Crippen LogP contribution in [0.15, 0.2) is 0 Å². The van der Waals surface area contributed by atoms with Crippen LogP contribution in [-0.4, -0.2) is 69.3 Å². The summed E-state index contributed by atoms with van der Waals surface area (Å²) in [5.41, 5.74) is 5.26. The summed E-state index contributed by atoms with van der Waals surface area (Å²) in [6.07, 6.45) is 3.82. The highest BCUT2D eigenvalue weighted by atomic mass is 16.4. The molecule has 126 valence electrons. The Morgan fingerprint density at radius 1 is 1.36 bits per heavy atom. The standard InChI is InChI=1S/C15H27N3O4/c1-2-3-4-7-17-8-5-6-15(17,16)14(22)18-10-11(19)9-12(18)13(20)21/h11-12,19H,2-10,16H2,1H3,(H,20,21)/t11-,12+,15+/m1/s1. The van der Waals surface area contributed by atoms with Crippen molar-refractivity contribution in [3.63, 3.8) is 0 Å². The number of carbonyl (C=O) groups excluding carboxylic acids is 1. The highest BCUT2D eigenvalue weighted by Crippen LogP contribution is 2.30. The van der Waals surface area contributed by atoms with E-state index in [1.165, 1.54) is 4.90 Å². The number of nitrogens with two attached hydrogens (primary N) is 1. The summed E-state index contributed by atoms with van der Waals surface area (Å²) in [4.78, 5) is 27.4. The molecule has 7 nitrogen and oxygen atoms in total. The van der Waals surface area contributed by atoms with Crippen molar-refractivity contribution < 1.29 is 19.8 Å². The van der Waals surface area contributed by atoms with Crippen molar-refractivity contribution in [2.24, 2.45) is 5.73 Å². The molecule has 4 N–H and O–H groups in total. The zero-order valence-electron chi connectivity index (χ0n) is 13.2. The first-order valence-corrected chi connectivity index (χ1v) is 8.16. The van der Waals surface area contributed by atoms with Gasteiger partial charge in [-0.1, -0.05) is 19.8 Å². The van der Waals surface area contributed by atoms with Gasteiger partial charge < -0.3 is 20.8 Å². The number of β-amino-alcohol motifs (C(OH)–C–C–N with tert-alkyl or cyclic N) is 1. The predicted molar refractivity (Wildman–Crippen MR) is 81.0 cm³/mol. The molecule has 0 aromatic heterocycles. The molecule has 0 bridgehead atoms. The van der Waals surface area contributed by atoms with Gasteiger partial charge in [0.1, 0.15) is 11.7 Å².